The normalized spacial score (nSPS) is 21.6. The minimum Gasteiger partial charge on any atom is -0.315 e. The SMILES string of the molecule is CCC(C)(C(CCc1cccs1)NC)N1CCCCC1. The van der Waals surface area contributed by atoms with E-state index >= 15 is 0 Å². The molecule has 0 amide bonds. The molecule has 1 saturated heterocycles. The molecule has 20 heavy (non-hydrogen) atoms. The van der Waals surface area contributed by atoms with Crippen molar-refractivity contribution in [3.8, 4) is 0 Å². The van der Waals surface area contributed by atoms with Crippen molar-refractivity contribution in [1.29, 1.82) is 0 Å². The fourth-order valence-electron chi connectivity index (χ4n) is 3.60. The lowest BCUT2D eigenvalue weighted by atomic mass is 9.83. The predicted molar refractivity (Wildman–Crippen MR) is 89.6 cm³/mol. The van der Waals surface area contributed by atoms with Crippen LogP contribution in [-0.2, 0) is 6.42 Å². The number of hydrogen-bond acceptors (Lipinski definition) is 3. The first-order chi connectivity index (χ1) is 9.70. The van der Waals surface area contributed by atoms with Gasteiger partial charge in [0.05, 0.1) is 0 Å². The van der Waals surface area contributed by atoms with Crippen molar-refractivity contribution in [1.82, 2.24) is 10.2 Å². The smallest absolute Gasteiger partial charge is 0.0331 e. The summed E-state index contributed by atoms with van der Waals surface area (Å²) in [5, 5.41) is 5.80. The van der Waals surface area contributed by atoms with E-state index in [1.807, 2.05) is 11.3 Å². The standard InChI is InChI=1S/C17H30N2S/c1-4-17(2,19-12-6-5-7-13-19)16(18-3)11-10-15-9-8-14-20-15/h8-9,14,16,18H,4-7,10-13H2,1-3H3. The van der Waals surface area contributed by atoms with E-state index < -0.39 is 0 Å². The highest BCUT2D eigenvalue weighted by molar-refractivity contribution is 7.09. The molecule has 1 aromatic heterocycles. The Hall–Kier alpha value is -0.380. The molecule has 0 aliphatic carbocycles. The van der Waals surface area contributed by atoms with Crippen LogP contribution in [-0.4, -0.2) is 36.6 Å². The minimum atomic E-state index is 0.298. The molecule has 3 heteroatoms. The molecule has 0 spiro atoms. The van der Waals surface area contributed by atoms with E-state index in [-0.39, 0.29) is 0 Å². The Morgan fingerprint density at radius 3 is 2.65 bits per heavy atom. The van der Waals surface area contributed by atoms with Gasteiger partial charge in [-0.3, -0.25) is 4.90 Å². The Bertz CT molecular complexity index is 370. The first-order valence-electron chi connectivity index (χ1n) is 8.15. The zero-order valence-corrected chi connectivity index (χ0v) is 14.1. The summed E-state index contributed by atoms with van der Waals surface area (Å²) in [6.45, 7) is 7.38. The summed E-state index contributed by atoms with van der Waals surface area (Å²) in [4.78, 5) is 4.26. The lowest BCUT2D eigenvalue weighted by molar-refractivity contribution is 0.0427. The Labute approximate surface area is 128 Å². The van der Waals surface area contributed by atoms with Crippen LogP contribution in [0.3, 0.4) is 0 Å². The zero-order chi connectivity index (χ0) is 14.4. The predicted octanol–water partition coefficient (Wildman–Crippen LogP) is 3.92. The highest BCUT2D eigenvalue weighted by Gasteiger charge is 2.37. The van der Waals surface area contributed by atoms with Crippen LogP contribution in [0.5, 0.6) is 0 Å². The molecule has 0 saturated carbocycles. The number of rotatable bonds is 7. The molecule has 1 aliphatic rings. The summed E-state index contributed by atoms with van der Waals surface area (Å²) in [5.74, 6) is 0. The van der Waals surface area contributed by atoms with Gasteiger partial charge in [0.15, 0.2) is 0 Å². The molecule has 2 heterocycles. The van der Waals surface area contributed by atoms with E-state index in [9.17, 15) is 0 Å². The third-order valence-corrected chi connectivity index (χ3v) is 6.09. The van der Waals surface area contributed by atoms with Crippen molar-refractivity contribution >= 4 is 11.3 Å². The second-order valence-corrected chi connectivity index (χ2v) is 7.25. The van der Waals surface area contributed by atoms with Crippen molar-refractivity contribution in [2.75, 3.05) is 20.1 Å². The molecule has 2 nitrogen and oxygen atoms in total. The third kappa shape index (κ3) is 3.63. The van der Waals surface area contributed by atoms with Crippen LogP contribution >= 0.6 is 11.3 Å². The summed E-state index contributed by atoms with van der Waals surface area (Å²) in [6, 6.07) is 5.01. The Kier molecular flexibility index (Phi) is 6.06. The van der Waals surface area contributed by atoms with Gasteiger partial charge in [-0.1, -0.05) is 19.4 Å². The molecule has 2 unspecified atom stereocenters. The number of nitrogens with zero attached hydrogens (tertiary/aromatic N) is 1. The van der Waals surface area contributed by atoms with E-state index in [2.05, 4.69) is 48.6 Å². The highest BCUT2D eigenvalue weighted by Crippen LogP contribution is 2.29. The number of nitrogens with one attached hydrogen (secondary N) is 1. The third-order valence-electron chi connectivity index (χ3n) is 5.15. The first kappa shape index (κ1) is 16.0. The molecule has 1 fully saturated rings. The maximum absolute atomic E-state index is 3.62. The van der Waals surface area contributed by atoms with Gasteiger partial charge in [0, 0.05) is 16.5 Å². The molecule has 2 atom stereocenters. The average molecular weight is 295 g/mol. The Balaban J connectivity index is 2.01. The lowest BCUT2D eigenvalue weighted by Gasteiger charge is -2.48. The molecule has 2 rings (SSSR count). The van der Waals surface area contributed by atoms with Crippen molar-refractivity contribution in [2.45, 2.75) is 64.0 Å². The van der Waals surface area contributed by atoms with E-state index in [0.29, 0.717) is 11.6 Å². The largest absolute Gasteiger partial charge is 0.315 e. The number of piperidine rings is 1. The molecular formula is C17H30N2S. The maximum atomic E-state index is 3.62. The summed E-state index contributed by atoms with van der Waals surface area (Å²) >= 11 is 1.89. The van der Waals surface area contributed by atoms with E-state index in [0.717, 1.165) is 0 Å². The monoisotopic (exact) mass is 294 g/mol. The number of aryl methyl sites for hydroxylation is 1. The van der Waals surface area contributed by atoms with Crippen molar-refractivity contribution in [3.05, 3.63) is 22.4 Å². The van der Waals surface area contributed by atoms with E-state index in [1.54, 1.807) is 0 Å². The maximum Gasteiger partial charge on any atom is 0.0331 e. The van der Waals surface area contributed by atoms with Gasteiger partial charge in [-0.2, -0.15) is 0 Å². The second kappa shape index (κ2) is 7.58. The van der Waals surface area contributed by atoms with Crippen LogP contribution in [0.2, 0.25) is 0 Å². The Morgan fingerprint density at radius 1 is 1.35 bits per heavy atom. The molecule has 1 aliphatic heterocycles. The van der Waals surface area contributed by atoms with Gasteiger partial charge in [-0.15, -0.1) is 11.3 Å². The quantitative estimate of drug-likeness (QED) is 0.820. The van der Waals surface area contributed by atoms with Gasteiger partial charge in [-0.25, -0.2) is 0 Å². The van der Waals surface area contributed by atoms with Gasteiger partial charge in [0.1, 0.15) is 0 Å². The molecule has 1 N–H and O–H groups in total. The summed E-state index contributed by atoms with van der Waals surface area (Å²) in [5.41, 5.74) is 0.298. The van der Waals surface area contributed by atoms with Crippen LogP contribution < -0.4 is 5.32 Å². The number of hydrogen-bond donors (Lipinski definition) is 1. The number of thiophene rings is 1. The minimum absolute atomic E-state index is 0.298. The van der Waals surface area contributed by atoms with E-state index in [4.69, 9.17) is 0 Å². The fraction of sp³-hybridized carbons (Fsp3) is 0.765. The summed E-state index contributed by atoms with van der Waals surface area (Å²) in [6.07, 6.45) is 7.82. The molecule has 0 radical (unpaired) electrons. The first-order valence-corrected chi connectivity index (χ1v) is 9.03. The van der Waals surface area contributed by atoms with Gasteiger partial charge < -0.3 is 5.32 Å². The lowest BCUT2D eigenvalue weighted by Crippen LogP contribution is -2.60. The molecule has 0 bridgehead atoms. The number of likely N-dealkylation sites (tertiary alicyclic amines) is 1. The van der Waals surface area contributed by atoms with Crippen molar-refractivity contribution in [2.24, 2.45) is 0 Å². The second-order valence-electron chi connectivity index (χ2n) is 6.22. The fourth-order valence-corrected chi connectivity index (χ4v) is 4.33. The average Bonchev–Trinajstić information content (AvgIpc) is 3.01. The molecular weight excluding hydrogens is 264 g/mol. The van der Waals surface area contributed by atoms with Crippen LogP contribution in [0.4, 0.5) is 0 Å². The van der Waals surface area contributed by atoms with Crippen LogP contribution in [0.1, 0.15) is 50.8 Å². The molecule has 0 aromatic carbocycles. The van der Waals surface area contributed by atoms with Crippen molar-refractivity contribution in [3.63, 3.8) is 0 Å². The van der Waals surface area contributed by atoms with Gasteiger partial charge >= 0.3 is 0 Å². The van der Waals surface area contributed by atoms with Gasteiger partial charge in [-0.05, 0) is 70.6 Å². The molecule has 1 aromatic rings. The van der Waals surface area contributed by atoms with Gasteiger partial charge in [0.25, 0.3) is 0 Å². The van der Waals surface area contributed by atoms with Crippen LogP contribution in [0.15, 0.2) is 17.5 Å². The van der Waals surface area contributed by atoms with E-state index in [1.165, 1.54) is 56.5 Å². The molecule has 114 valence electrons. The van der Waals surface area contributed by atoms with Crippen LogP contribution in [0, 0.1) is 0 Å². The summed E-state index contributed by atoms with van der Waals surface area (Å²) < 4.78 is 0. The highest BCUT2D eigenvalue weighted by atomic mass is 32.1. The van der Waals surface area contributed by atoms with Gasteiger partial charge in [0.2, 0.25) is 0 Å². The topological polar surface area (TPSA) is 15.3 Å². The summed E-state index contributed by atoms with van der Waals surface area (Å²) in [7, 11) is 2.14. The van der Waals surface area contributed by atoms with Crippen LogP contribution in [0.25, 0.3) is 0 Å². The Morgan fingerprint density at radius 2 is 2.10 bits per heavy atom. The van der Waals surface area contributed by atoms with Crippen molar-refractivity contribution < 1.29 is 0 Å². The number of likely N-dealkylation sites (N-methyl/N-ethyl adjacent to an activating group) is 1. The zero-order valence-electron chi connectivity index (χ0n) is 13.3.